The van der Waals surface area contributed by atoms with Crippen LogP contribution in [0, 0.1) is 5.82 Å². The summed E-state index contributed by atoms with van der Waals surface area (Å²) in [5.41, 5.74) is 5.89. The van der Waals surface area contributed by atoms with Crippen molar-refractivity contribution in [3.63, 3.8) is 0 Å². The van der Waals surface area contributed by atoms with E-state index in [1.165, 1.54) is 18.2 Å². The second kappa shape index (κ2) is 5.23. The van der Waals surface area contributed by atoms with Gasteiger partial charge in [0.1, 0.15) is 5.82 Å². The van der Waals surface area contributed by atoms with Gasteiger partial charge in [0.15, 0.2) is 0 Å². The third kappa shape index (κ3) is 3.97. The lowest BCUT2D eigenvalue weighted by Gasteiger charge is -2.08. The smallest absolute Gasteiger partial charge is 0.225 e. The predicted octanol–water partition coefficient (Wildman–Crippen LogP) is 2.26. The molecule has 5 heteroatoms. The van der Waals surface area contributed by atoms with Gasteiger partial charge >= 0.3 is 0 Å². The lowest BCUT2D eigenvalue weighted by molar-refractivity contribution is -0.116. The van der Waals surface area contributed by atoms with Gasteiger partial charge in [-0.25, -0.2) is 4.39 Å². The van der Waals surface area contributed by atoms with E-state index in [0.29, 0.717) is 10.2 Å². The number of hydrogen-bond acceptors (Lipinski definition) is 2. The highest BCUT2D eigenvalue weighted by Crippen LogP contribution is 2.23. The molecule has 0 aromatic heterocycles. The highest BCUT2D eigenvalue weighted by Gasteiger charge is 2.08. The zero-order valence-corrected chi connectivity index (χ0v) is 9.84. The number of hydrogen-bond donors (Lipinski definition) is 2. The molecule has 0 bridgehead atoms. The molecule has 0 aliphatic heterocycles. The first-order chi connectivity index (χ1) is 6.99. The van der Waals surface area contributed by atoms with Crippen LogP contribution in [-0.4, -0.2) is 11.9 Å². The average molecular weight is 275 g/mol. The fraction of sp³-hybridized carbons (Fsp3) is 0.300. The van der Waals surface area contributed by atoms with Gasteiger partial charge in [-0.2, -0.15) is 0 Å². The summed E-state index contributed by atoms with van der Waals surface area (Å²) in [4.78, 5) is 11.4. The van der Waals surface area contributed by atoms with Crippen molar-refractivity contribution in [3.8, 4) is 0 Å². The molecule has 1 rings (SSSR count). The molecule has 0 aliphatic rings. The molecule has 0 heterocycles. The number of carbonyl (C=O) groups is 1. The van der Waals surface area contributed by atoms with Gasteiger partial charge in [0, 0.05) is 16.9 Å². The minimum Gasteiger partial charge on any atom is -0.327 e. The van der Waals surface area contributed by atoms with Gasteiger partial charge in [0.25, 0.3) is 0 Å². The maximum Gasteiger partial charge on any atom is 0.225 e. The molecule has 1 amide bonds. The van der Waals surface area contributed by atoms with Crippen molar-refractivity contribution in [2.45, 2.75) is 19.4 Å². The van der Waals surface area contributed by atoms with Crippen LogP contribution in [0.25, 0.3) is 0 Å². The Balaban J connectivity index is 2.71. The van der Waals surface area contributed by atoms with E-state index in [1.54, 1.807) is 6.92 Å². The van der Waals surface area contributed by atoms with Crippen LogP contribution in [0.1, 0.15) is 13.3 Å². The molecular weight excluding hydrogens is 263 g/mol. The van der Waals surface area contributed by atoms with Crippen LogP contribution in [0.4, 0.5) is 10.1 Å². The van der Waals surface area contributed by atoms with Crippen molar-refractivity contribution in [2.75, 3.05) is 5.32 Å². The van der Waals surface area contributed by atoms with Crippen molar-refractivity contribution in [1.82, 2.24) is 0 Å². The number of rotatable bonds is 3. The van der Waals surface area contributed by atoms with Crippen LogP contribution in [-0.2, 0) is 4.79 Å². The van der Waals surface area contributed by atoms with Crippen molar-refractivity contribution < 1.29 is 9.18 Å². The summed E-state index contributed by atoms with van der Waals surface area (Å²) in [7, 11) is 0. The van der Waals surface area contributed by atoms with E-state index in [9.17, 15) is 9.18 Å². The van der Waals surface area contributed by atoms with Gasteiger partial charge in [0.05, 0.1) is 5.69 Å². The van der Waals surface area contributed by atoms with Gasteiger partial charge in [-0.05, 0) is 41.1 Å². The molecular formula is C10H12BrFN2O. The number of amides is 1. The minimum atomic E-state index is -0.394. The van der Waals surface area contributed by atoms with Gasteiger partial charge in [-0.3, -0.25) is 4.79 Å². The average Bonchev–Trinajstić information content (AvgIpc) is 2.10. The highest BCUT2D eigenvalue weighted by atomic mass is 79.9. The van der Waals surface area contributed by atoms with Gasteiger partial charge in [-0.15, -0.1) is 0 Å². The first-order valence-electron chi connectivity index (χ1n) is 4.49. The standard InChI is InChI=1S/C10H12BrFN2O/c1-6(13)4-10(15)14-9-5-7(12)2-3-8(9)11/h2-3,5-6H,4,13H2,1H3,(H,14,15). The lowest BCUT2D eigenvalue weighted by atomic mass is 10.2. The number of nitrogens with two attached hydrogens (primary N) is 1. The van der Waals surface area contributed by atoms with E-state index in [2.05, 4.69) is 21.2 Å². The van der Waals surface area contributed by atoms with Gasteiger partial charge in [0.2, 0.25) is 5.91 Å². The van der Waals surface area contributed by atoms with Crippen LogP contribution in [0.5, 0.6) is 0 Å². The quantitative estimate of drug-likeness (QED) is 0.889. The summed E-state index contributed by atoms with van der Waals surface area (Å²) < 4.78 is 13.5. The number of benzene rings is 1. The van der Waals surface area contributed by atoms with E-state index >= 15 is 0 Å². The summed E-state index contributed by atoms with van der Waals surface area (Å²) in [5.74, 6) is -0.620. The third-order valence-electron chi connectivity index (χ3n) is 1.71. The second-order valence-electron chi connectivity index (χ2n) is 3.35. The normalized spacial score (nSPS) is 12.3. The van der Waals surface area contributed by atoms with E-state index in [0.717, 1.165) is 0 Å². The molecule has 0 spiro atoms. The summed E-state index contributed by atoms with van der Waals surface area (Å²) in [6.45, 7) is 1.74. The maximum atomic E-state index is 12.9. The monoisotopic (exact) mass is 274 g/mol. The largest absolute Gasteiger partial charge is 0.327 e. The zero-order valence-electron chi connectivity index (χ0n) is 8.26. The molecule has 1 atom stereocenters. The SMILES string of the molecule is CC(N)CC(=O)Nc1cc(F)ccc1Br. The molecule has 3 nitrogen and oxygen atoms in total. The van der Waals surface area contributed by atoms with Crippen molar-refractivity contribution in [2.24, 2.45) is 5.73 Å². The number of halogens is 2. The fourth-order valence-electron chi connectivity index (χ4n) is 1.09. The first-order valence-corrected chi connectivity index (χ1v) is 5.29. The summed E-state index contributed by atoms with van der Waals surface area (Å²) >= 11 is 3.21. The van der Waals surface area contributed by atoms with Gasteiger partial charge in [-0.1, -0.05) is 0 Å². The fourth-order valence-corrected chi connectivity index (χ4v) is 1.43. The molecule has 82 valence electrons. The minimum absolute atomic E-state index is 0.211. The van der Waals surface area contributed by atoms with Gasteiger partial charge < -0.3 is 11.1 Å². The van der Waals surface area contributed by atoms with E-state index < -0.39 is 5.82 Å². The van der Waals surface area contributed by atoms with Crippen molar-refractivity contribution in [3.05, 3.63) is 28.5 Å². The van der Waals surface area contributed by atoms with Crippen LogP contribution in [0.3, 0.4) is 0 Å². The lowest BCUT2D eigenvalue weighted by Crippen LogP contribution is -2.24. The molecule has 0 saturated carbocycles. The summed E-state index contributed by atoms with van der Waals surface area (Å²) in [6, 6.07) is 3.89. The molecule has 1 aromatic carbocycles. The van der Waals surface area contributed by atoms with Crippen LogP contribution >= 0.6 is 15.9 Å². The highest BCUT2D eigenvalue weighted by molar-refractivity contribution is 9.10. The molecule has 0 fully saturated rings. The number of carbonyl (C=O) groups excluding carboxylic acids is 1. The van der Waals surface area contributed by atoms with Crippen LogP contribution < -0.4 is 11.1 Å². The predicted molar refractivity (Wildman–Crippen MR) is 61.0 cm³/mol. The topological polar surface area (TPSA) is 55.1 Å². The van der Waals surface area contributed by atoms with E-state index in [1.807, 2.05) is 0 Å². The first kappa shape index (κ1) is 12.1. The van der Waals surface area contributed by atoms with E-state index in [4.69, 9.17) is 5.73 Å². The van der Waals surface area contributed by atoms with Crippen LogP contribution in [0.15, 0.2) is 22.7 Å². The van der Waals surface area contributed by atoms with E-state index in [-0.39, 0.29) is 18.4 Å². The Morgan fingerprint density at radius 3 is 2.93 bits per heavy atom. The Morgan fingerprint density at radius 1 is 1.67 bits per heavy atom. The second-order valence-corrected chi connectivity index (χ2v) is 4.21. The Morgan fingerprint density at radius 2 is 2.33 bits per heavy atom. The Labute approximate surface area is 96.0 Å². The number of anilines is 1. The van der Waals surface area contributed by atoms with Crippen LogP contribution in [0.2, 0.25) is 0 Å². The molecule has 0 aliphatic carbocycles. The molecule has 0 saturated heterocycles. The Kier molecular flexibility index (Phi) is 4.23. The maximum absolute atomic E-state index is 12.9. The summed E-state index contributed by atoms with van der Waals surface area (Å²) in [6.07, 6.45) is 0.211. The Hall–Kier alpha value is -0.940. The molecule has 3 N–H and O–H groups in total. The number of nitrogens with one attached hydrogen (secondary N) is 1. The van der Waals surface area contributed by atoms with Crippen molar-refractivity contribution >= 4 is 27.5 Å². The molecule has 0 radical (unpaired) electrons. The van der Waals surface area contributed by atoms with Crippen molar-refractivity contribution in [1.29, 1.82) is 0 Å². The molecule has 1 aromatic rings. The molecule has 1 unspecified atom stereocenters. The molecule has 15 heavy (non-hydrogen) atoms. The summed E-state index contributed by atoms with van der Waals surface area (Å²) in [5, 5.41) is 2.58. The third-order valence-corrected chi connectivity index (χ3v) is 2.40. The zero-order chi connectivity index (χ0) is 11.4. The Bertz CT molecular complexity index is 368.